The van der Waals surface area contributed by atoms with Crippen LogP contribution in [0.4, 0.5) is 10.7 Å². The minimum absolute atomic E-state index is 0.264. The summed E-state index contributed by atoms with van der Waals surface area (Å²) in [5, 5.41) is 0. The lowest BCUT2D eigenvalue weighted by Crippen LogP contribution is -2.16. The molecule has 0 aliphatic rings. The molecule has 5 N–H and O–H groups in total. The summed E-state index contributed by atoms with van der Waals surface area (Å²) in [5.41, 5.74) is 11.5. The third-order valence-electron chi connectivity index (χ3n) is 1.70. The van der Waals surface area contributed by atoms with E-state index in [0.717, 1.165) is 0 Å². The van der Waals surface area contributed by atoms with E-state index in [9.17, 15) is 4.79 Å². The van der Waals surface area contributed by atoms with Crippen LogP contribution in [0.5, 0.6) is 5.75 Å². The minimum Gasteiger partial charge on any atom is -0.408 e. The van der Waals surface area contributed by atoms with Crippen molar-refractivity contribution >= 4 is 23.1 Å². The van der Waals surface area contributed by atoms with Gasteiger partial charge in [0, 0.05) is 0 Å². The lowest BCUT2D eigenvalue weighted by molar-refractivity contribution is 0.211. The van der Waals surface area contributed by atoms with Crippen LogP contribution in [0, 0.1) is 0 Å². The number of hydrogen-bond acceptors (Lipinski definition) is 4. The van der Waals surface area contributed by atoms with Gasteiger partial charge in [-0.2, -0.15) is 0 Å². The van der Waals surface area contributed by atoms with Gasteiger partial charge in [-0.25, -0.2) is 9.78 Å². The van der Waals surface area contributed by atoms with Crippen LogP contribution >= 0.6 is 0 Å². The summed E-state index contributed by atoms with van der Waals surface area (Å²) in [5.74, 6) is 0.559. The number of aromatic nitrogens is 2. The third kappa shape index (κ3) is 1.33. The van der Waals surface area contributed by atoms with Gasteiger partial charge in [-0.05, 0) is 12.1 Å². The SMILES string of the molecule is NC(=O)Oc1cccc2[nH]c(N)nc12. The smallest absolute Gasteiger partial charge is 0.408 e. The van der Waals surface area contributed by atoms with E-state index in [4.69, 9.17) is 16.2 Å². The van der Waals surface area contributed by atoms with Crippen LogP contribution in [-0.2, 0) is 0 Å². The fourth-order valence-electron chi connectivity index (χ4n) is 1.22. The Morgan fingerprint density at radius 3 is 3.00 bits per heavy atom. The topological polar surface area (TPSA) is 107 Å². The van der Waals surface area contributed by atoms with Gasteiger partial charge in [0.1, 0.15) is 5.52 Å². The van der Waals surface area contributed by atoms with Crippen LogP contribution in [0.25, 0.3) is 11.0 Å². The number of nitrogens with two attached hydrogens (primary N) is 2. The molecule has 0 fully saturated rings. The molecule has 1 aromatic heterocycles. The van der Waals surface area contributed by atoms with Crippen LogP contribution < -0.4 is 16.2 Å². The molecule has 0 unspecified atom stereocenters. The summed E-state index contributed by atoms with van der Waals surface area (Å²) in [6, 6.07) is 5.07. The number of carbonyl (C=O) groups is 1. The van der Waals surface area contributed by atoms with Gasteiger partial charge in [0.05, 0.1) is 5.52 Å². The maximum absolute atomic E-state index is 10.5. The van der Waals surface area contributed by atoms with Crippen molar-refractivity contribution in [1.29, 1.82) is 0 Å². The fraction of sp³-hybridized carbons (Fsp3) is 0. The zero-order chi connectivity index (χ0) is 10.1. The largest absolute Gasteiger partial charge is 0.410 e. The Labute approximate surface area is 78.9 Å². The van der Waals surface area contributed by atoms with E-state index in [-0.39, 0.29) is 5.95 Å². The fourth-order valence-corrected chi connectivity index (χ4v) is 1.22. The summed E-state index contributed by atoms with van der Waals surface area (Å²) >= 11 is 0. The highest BCUT2D eigenvalue weighted by Gasteiger charge is 2.08. The number of nitrogen functional groups attached to an aromatic ring is 1. The van der Waals surface area contributed by atoms with Crippen molar-refractivity contribution in [2.75, 3.05) is 5.73 Å². The maximum atomic E-state index is 10.5. The molecule has 0 radical (unpaired) electrons. The average Bonchev–Trinajstić information content (AvgIpc) is 2.45. The Kier molecular flexibility index (Phi) is 1.74. The van der Waals surface area contributed by atoms with E-state index in [1.165, 1.54) is 0 Å². The molecule has 1 heterocycles. The molecule has 2 rings (SSSR count). The second-order valence-electron chi connectivity index (χ2n) is 2.70. The molecule has 0 bridgehead atoms. The Bertz CT molecular complexity index is 491. The number of aromatic amines is 1. The molecule has 14 heavy (non-hydrogen) atoms. The quantitative estimate of drug-likeness (QED) is 0.614. The summed E-state index contributed by atoms with van der Waals surface area (Å²) in [7, 11) is 0. The number of anilines is 1. The maximum Gasteiger partial charge on any atom is 0.410 e. The van der Waals surface area contributed by atoms with E-state index >= 15 is 0 Å². The number of benzene rings is 1. The van der Waals surface area contributed by atoms with Gasteiger partial charge in [-0.1, -0.05) is 6.07 Å². The summed E-state index contributed by atoms with van der Waals surface area (Å²) in [4.78, 5) is 17.3. The first kappa shape index (κ1) is 8.36. The number of amides is 1. The monoisotopic (exact) mass is 192 g/mol. The van der Waals surface area contributed by atoms with Gasteiger partial charge in [0.25, 0.3) is 0 Å². The first-order valence-electron chi connectivity index (χ1n) is 3.88. The Morgan fingerprint density at radius 1 is 1.50 bits per heavy atom. The number of hydrogen-bond donors (Lipinski definition) is 3. The van der Waals surface area contributed by atoms with Crippen molar-refractivity contribution in [3.8, 4) is 5.75 Å². The number of H-pyrrole nitrogens is 1. The second-order valence-corrected chi connectivity index (χ2v) is 2.70. The van der Waals surface area contributed by atoms with Crippen molar-refractivity contribution in [2.45, 2.75) is 0 Å². The molecule has 0 atom stereocenters. The van der Waals surface area contributed by atoms with Crippen LogP contribution in [0.1, 0.15) is 0 Å². The van der Waals surface area contributed by atoms with Gasteiger partial charge < -0.3 is 21.2 Å². The number of rotatable bonds is 1. The second kappa shape index (κ2) is 2.91. The number of primary amides is 1. The molecule has 6 heteroatoms. The number of nitrogens with one attached hydrogen (secondary N) is 1. The van der Waals surface area contributed by atoms with Crippen LogP contribution in [0.2, 0.25) is 0 Å². The number of para-hydroxylation sites is 1. The molecular formula is C8H8N4O2. The summed E-state index contributed by atoms with van der Waals surface area (Å²) < 4.78 is 4.74. The molecule has 1 amide bonds. The minimum atomic E-state index is -0.876. The average molecular weight is 192 g/mol. The highest BCUT2D eigenvalue weighted by Crippen LogP contribution is 2.23. The zero-order valence-corrected chi connectivity index (χ0v) is 7.15. The predicted octanol–water partition coefficient (Wildman–Crippen LogP) is 0.603. The summed E-state index contributed by atoms with van der Waals surface area (Å²) in [6.07, 6.45) is -0.876. The molecule has 0 saturated carbocycles. The van der Waals surface area contributed by atoms with Crippen LogP contribution in [0.3, 0.4) is 0 Å². The Hall–Kier alpha value is -2.24. The van der Waals surface area contributed by atoms with Crippen molar-refractivity contribution in [3.05, 3.63) is 18.2 Å². The van der Waals surface area contributed by atoms with Crippen molar-refractivity contribution in [1.82, 2.24) is 9.97 Å². The van der Waals surface area contributed by atoms with Crippen molar-refractivity contribution in [3.63, 3.8) is 0 Å². The summed E-state index contributed by atoms with van der Waals surface area (Å²) in [6.45, 7) is 0. The van der Waals surface area contributed by atoms with Gasteiger partial charge in [-0.15, -0.1) is 0 Å². The zero-order valence-electron chi connectivity index (χ0n) is 7.15. The van der Waals surface area contributed by atoms with Crippen molar-refractivity contribution in [2.24, 2.45) is 5.73 Å². The molecular weight excluding hydrogens is 184 g/mol. The molecule has 6 nitrogen and oxygen atoms in total. The Morgan fingerprint density at radius 2 is 2.29 bits per heavy atom. The van der Waals surface area contributed by atoms with E-state index < -0.39 is 6.09 Å². The lowest BCUT2D eigenvalue weighted by Gasteiger charge is -1.99. The number of ether oxygens (including phenoxy) is 1. The number of fused-ring (bicyclic) bond motifs is 1. The first-order chi connectivity index (χ1) is 6.66. The lowest BCUT2D eigenvalue weighted by atomic mass is 10.3. The predicted molar refractivity (Wildman–Crippen MR) is 50.7 cm³/mol. The Balaban J connectivity index is 2.58. The highest BCUT2D eigenvalue weighted by molar-refractivity contribution is 5.85. The van der Waals surface area contributed by atoms with Crippen LogP contribution in [0.15, 0.2) is 18.2 Å². The van der Waals surface area contributed by atoms with Gasteiger partial charge in [0.2, 0.25) is 0 Å². The van der Waals surface area contributed by atoms with Crippen LogP contribution in [-0.4, -0.2) is 16.1 Å². The molecule has 1 aromatic carbocycles. The van der Waals surface area contributed by atoms with Gasteiger partial charge in [-0.3, -0.25) is 0 Å². The normalized spacial score (nSPS) is 10.3. The molecule has 0 aliphatic carbocycles. The van der Waals surface area contributed by atoms with Gasteiger partial charge >= 0.3 is 6.09 Å². The third-order valence-corrected chi connectivity index (χ3v) is 1.70. The number of carbonyl (C=O) groups excluding carboxylic acids is 1. The number of imidazole rings is 1. The van der Waals surface area contributed by atoms with Crippen molar-refractivity contribution < 1.29 is 9.53 Å². The first-order valence-corrected chi connectivity index (χ1v) is 3.88. The van der Waals surface area contributed by atoms with E-state index in [1.807, 2.05) is 0 Å². The molecule has 0 saturated heterocycles. The van der Waals surface area contributed by atoms with Gasteiger partial charge in [0.15, 0.2) is 11.7 Å². The van der Waals surface area contributed by atoms with E-state index in [0.29, 0.717) is 16.8 Å². The number of nitrogens with zero attached hydrogens (tertiary/aromatic N) is 1. The molecule has 2 aromatic rings. The molecule has 72 valence electrons. The van der Waals surface area contributed by atoms with E-state index in [1.54, 1.807) is 18.2 Å². The van der Waals surface area contributed by atoms with E-state index in [2.05, 4.69) is 9.97 Å². The molecule has 0 spiro atoms. The molecule has 0 aliphatic heterocycles. The highest BCUT2D eigenvalue weighted by atomic mass is 16.5. The standard InChI is InChI=1S/C8H8N4O2/c9-7-11-4-2-1-3-5(6(4)12-7)14-8(10)13/h1-3H,(H2,10,13)(H3,9,11,12).